The Hall–Kier alpha value is -1.63. The predicted octanol–water partition coefficient (Wildman–Crippen LogP) is 1.87. The maximum absolute atomic E-state index is 11.4. The van der Waals surface area contributed by atoms with Crippen LogP contribution in [-0.2, 0) is 9.53 Å². The molecule has 0 amide bonds. The molecule has 1 saturated carbocycles. The number of methoxy groups -OCH3 is 1. The number of rotatable bonds is 5. The largest absolute Gasteiger partial charge is 0.469 e. The van der Waals surface area contributed by atoms with E-state index in [1.807, 2.05) is 13.0 Å². The number of nitrogens with zero attached hydrogens (tertiary/aromatic N) is 4. The molecule has 2 aromatic heterocycles. The zero-order valence-electron chi connectivity index (χ0n) is 11.5. The zero-order chi connectivity index (χ0) is 14.2. The van der Waals surface area contributed by atoms with Gasteiger partial charge >= 0.3 is 5.97 Å². The Balaban J connectivity index is 1.74. The van der Waals surface area contributed by atoms with Crippen LogP contribution in [0.4, 0.5) is 0 Å². The topological polar surface area (TPSA) is 69.4 Å². The van der Waals surface area contributed by atoms with Crippen LogP contribution in [0.1, 0.15) is 25.0 Å². The molecule has 3 rings (SSSR count). The van der Waals surface area contributed by atoms with Gasteiger partial charge in [0.2, 0.25) is 0 Å². The molecular weight excluding hydrogens is 276 g/mol. The standard InChI is InChI=1S/C13H16N4O2S/c1-9-5-10(17-12(16-9)14-8-15-17)20-7-13(3-4-13)6-11(18)19-2/h5,8H,3-4,6-7H2,1-2H3. The fraction of sp³-hybridized carbons (Fsp3) is 0.538. The van der Waals surface area contributed by atoms with E-state index in [4.69, 9.17) is 4.74 Å². The van der Waals surface area contributed by atoms with Gasteiger partial charge in [0.25, 0.3) is 5.78 Å². The first kappa shape index (κ1) is 13.4. The molecule has 0 atom stereocenters. The van der Waals surface area contributed by atoms with Crippen molar-refractivity contribution < 1.29 is 9.53 Å². The lowest BCUT2D eigenvalue weighted by Crippen LogP contribution is -2.13. The maximum Gasteiger partial charge on any atom is 0.306 e. The fourth-order valence-corrected chi connectivity index (χ4v) is 3.50. The Morgan fingerprint density at radius 3 is 3.05 bits per heavy atom. The molecule has 1 aliphatic carbocycles. The van der Waals surface area contributed by atoms with Crippen molar-refractivity contribution >= 4 is 23.5 Å². The van der Waals surface area contributed by atoms with Gasteiger partial charge < -0.3 is 4.74 Å². The van der Waals surface area contributed by atoms with E-state index in [2.05, 4.69) is 15.1 Å². The van der Waals surface area contributed by atoms with E-state index in [9.17, 15) is 4.79 Å². The van der Waals surface area contributed by atoms with Gasteiger partial charge in [0.05, 0.1) is 13.5 Å². The molecule has 6 nitrogen and oxygen atoms in total. The van der Waals surface area contributed by atoms with E-state index < -0.39 is 0 Å². The third kappa shape index (κ3) is 2.63. The van der Waals surface area contributed by atoms with Crippen LogP contribution in [0.3, 0.4) is 0 Å². The minimum Gasteiger partial charge on any atom is -0.469 e. The van der Waals surface area contributed by atoms with Crippen molar-refractivity contribution in [3.05, 3.63) is 18.1 Å². The number of carbonyl (C=O) groups is 1. The lowest BCUT2D eigenvalue weighted by molar-refractivity contribution is -0.141. The Bertz CT molecular complexity index is 651. The van der Waals surface area contributed by atoms with Gasteiger partial charge in [-0.2, -0.15) is 14.6 Å². The fourth-order valence-electron chi connectivity index (χ4n) is 2.15. The molecular formula is C13H16N4O2S. The van der Waals surface area contributed by atoms with Crippen LogP contribution in [0.15, 0.2) is 17.4 Å². The number of hydrogen-bond donors (Lipinski definition) is 0. The number of ether oxygens (including phenoxy) is 1. The highest BCUT2D eigenvalue weighted by molar-refractivity contribution is 7.99. The number of esters is 1. The highest BCUT2D eigenvalue weighted by Crippen LogP contribution is 2.52. The molecule has 0 N–H and O–H groups in total. The highest BCUT2D eigenvalue weighted by atomic mass is 32.2. The van der Waals surface area contributed by atoms with Gasteiger partial charge in [-0.15, -0.1) is 11.8 Å². The van der Waals surface area contributed by atoms with Crippen molar-refractivity contribution in [1.82, 2.24) is 19.6 Å². The first-order chi connectivity index (χ1) is 9.62. The molecule has 2 aromatic rings. The highest BCUT2D eigenvalue weighted by Gasteiger charge is 2.44. The SMILES string of the molecule is COC(=O)CC1(CSc2cc(C)nc3ncnn23)CC1. The molecule has 1 fully saturated rings. The van der Waals surface area contributed by atoms with Crippen LogP contribution in [-0.4, -0.2) is 38.4 Å². The van der Waals surface area contributed by atoms with E-state index in [0.717, 1.165) is 29.3 Å². The molecule has 0 radical (unpaired) electrons. The number of aromatic nitrogens is 4. The molecule has 0 aromatic carbocycles. The predicted molar refractivity (Wildman–Crippen MR) is 74.5 cm³/mol. The lowest BCUT2D eigenvalue weighted by atomic mass is 10.1. The van der Waals surface area contributed by atoms with E-state index in [1.165, 1.54) is 13.4 Å². The summed E-state index contributed by atoms with van der Waals surface area (Å²) in [5.41, 5.74) is 1.02. The Morgan fingerprint density at radius 1 is 1.55 bits per heavy atom. The van der Waals surface area contributed by atoms with Crippen LogP contribution in [0.5, 0.6) is 0 Å². The molecule has 0 aliphatic heterocycles. The second-order valence-electron chi connectivity index (χ2n) is 5.25. The van der Waals surface area contributed by atoms with Crippen molar-refractivity contribution in [2.75, 3.05) is 12.9 Å². The number of aryl methyl sites for hydroxylation is 1. The minimum absolute atomic E-state index is 0.0990. The second-order valence-corrected chi connectivity index (χ2v) is 6.24. The van der Waals surface area contributed by atoms with Crippen LogP contribution < -0.4 is 0 Å². The number of carbonyl (C=O) groups excluding carboxylic acids is 1. The first-order valence-electron chi connectivity index (χ1n) is 6.49. The van der Waals surface area contributed by atoms with E-state index in [-0.39, 0.29) is 11.4 Å². The molecule has 1 aliphatic rings. The summed E-state index contributed by atoms with van der Waals surface area (Å²) in [5, 5.41) is 5.20. The molecule has 0 unspecified atom stereocenters. The summed E-state index contributed by atoms with van der Waals surface area (Å²) in [7, 11) is 1.44. The third-order valence-electron chi connectivity index (χ3n) is 3.58. The summed E-state index contributed by atoms with van der Waals surface area (Å²) >= 11 is 1.70. The summed E-state index contributed by atoms with van der Waals surface area (Å²) in [4.78, 5) is 19.9. The number of fused-ring (bicyclic) bond motifs is 1. The van der Waals surface area contributed by atoms with E-state index >= 15 is 0 Å². The summed E-state index contributed by atoms with van der Waals surface area (Å²) < 4.78 is 6.51. The van der Waals surface area contributed by atoms with E-state index in [0.29, 0.717) is 12.2 Å². The molecule has 0 spiro atoms. The average molecular weight is 292 g/mol. The lowest BCUT2D eigenvalue weighted by Gasteiger charge is -2.13. The van der Waals surface area contributed by atoms with Crippen molar-refractivity contribution in [2.45, 2.75) is 31.2 Å². The monoisotopic (exact) mass is 292 g/mol. The van der Waals surface area contributed by atoms with Gasteiger partial charge in [0, 0.05) is 11.4 Å². The van der Waals surface area contributed by atoms with Crippen molar-refractivity contribution in [3.8, 4) is 0 Å². The van der Waals surface area contributed by atoms with Gasteiger partial charge in [-0.3, -0.25) is 4.79 Å². The first-order valence-corrected chi connectivity index (χ1v) is 7.47. The molecule has 106 valence electrons. The third-order valence-corrected chi connectivity index (χ3v) is 4.92. The summed E-state index contributed by atoms with van der Waals surface area (Å²) in [6, 6.07) is 2.00. The molecule has 2 heterocycles. The van der Waals surface area contributed by atoms with E-state index in [1.54, 1.807) is 16.3 Å². The summed E-state index contributed by atoms with van der Waals surface area (Å²) in [6.07, 6.45) is 4.17. The number of thioether (sulfide) groups is 1. The Kier molecular flexibility index (Phi) is 3.37. The Labute approximate surface area is 120 Å². The quantitative estimate of drug-likeness (QED) is 0.476. The van der Waals surface area contributed by atoms with Gasteiger partial charge in [-0.1, -0.05) is 0 Å². The van der Waals surface area contributed by atoms with Crippen LogP contribution in [0, 0.1) is 12.3 Å². The second kappa shape index (κ2) is 5.05. The average Bonchev–Trinajstić information content (AvgIpc) is 3.02. The van der Waals surface area contributed by atoms with Crippen molar-refractivity contribution in [2.24, 2.45) is 5.41 Å². The molecule has 20 heavy (non-hydrogen) atoms. The Morgan fingerprint density at radius 2 is 2.35 bits per heavy atom. The van der Waals surface area contributed by atoms with Gasteiger partial charge in [0.15, 0.2) is 0 Å². The maximum atomic E-state index is 11.4. The summed E-state index contributed by atoms with van der Waals surface area (Å²) in [5.74, 6) is 1.38. The van der Waals surface area contributed by atoms with Crippen LogP contribution in [0.25, 0.3) is 5.78 Å². The smallest absolute Gasteiger partial charge is 0.306 e. The molecule has 0 saturated heterocycles. The van der Waals surface area contributed by atoms with Gasteiger partial charge in [-0.25, -0.2) is 4.98 Å². The van der Waals surface area contributed by atoms with Crippen LogP contribution in [0.2, 0.25) is 0 Å². The normalized spacial score (nSPS) is 16.3. The zero-order valence-corrected chi connectivity index (χ0v) is 12.3. The van der Waals surface area contributed by atoms with Gasteiger partial charge in [0.1, 0.15) is 11.4 Å². The minimum atomic E-state index is -0.125. The van der Waals surface area contributed by atoms with Crippen LogP contribution >= 0.6 is 11.8 Å². The molecule has 0 bridgehead atoms. The van der Waals surface area contributed by atoms with Gasteiger partial charge in [-0.05, 0) is 31.2 Å². The summed E-state index contributed by atoms with van der Waals surface area (Å²) in [6.45, 7) is 1.94. The van der Waals surface area contributed by atoms with Crippen molar-refractivity contribution in [1.29, 1.82) is 0 Å². The number of hydrogen-bond acceptors (Lipinski definition) is 6. The van der Waals surface area contributed by atoms with Crippen molar-refractivity contribution in [3.63, 3.8) is 0 Å². The molecule has 7 heteroatoms.